The fourth-order valence-electron chi connectivity index (χ4n) is 0.806. The third-order valence-corrected chi connectivity index (χ3v) is 1.42. The second kappa shape index (κ2) is 3.13. The van der Waals surface area contributed by atoms with Crippen LogP contribution in [0.1, 0.15) is 10.4 Å². The van der Waals surface area contributed by atoms with Crippen molar-refractivity contribution in [1.82, 2.24) is 0 Å². The Balaban J connectivity index is 3.12. The minimum atomic E-state index is -1.22. The van der Waals surface area contributed by atoms with Crippen LogP contribution in [0.25, 0.3) is 0 Å². The van der Waals surface area contributed by atoms with Crippen molar-refractivity contribution in [3.05, 3.63) is 23.8 Å². The fourth-order valence-corrected chi connectivity index (χ4v) is 0.806. The molecule has 0 saturated heterocycles. The molecule has 4 nitrogen and oxygen atoms in total. The Kier molecular flexibility index (Phi) is 2.19. The summed E-state index contributed by atoms with van der Waals surface area (Å²) in [4.78, 5) is 10.4. The van der Waals surface area contributed by atoms with Gasteiger partial charge < -0.3 is 9.84 Å². The minimum absolute atomic E-state index is 0.240. The van der Waals surface area contributed by atoms with E-state index in [0.717, 1.165) is 6.07 Å². The van der Waals surface area contributed by atoms with Crippen molar-refractivity contribution in [3.8, 4) is 11.5 Å². The molecule has 63 valence electrons. The van der Waals surface area contributed by atoms with Gasteiger partial charge in [-0.25, -0.2) is 4.79 Å². The summed E-state index contributed by atoms with van der Waals surface area (Å²) in [6, 6.07) is 3.80. The second-order valence-corrected chi connectivity index (χ2v) is 2.17. The van der Waals surface area contributed by atoms with E-state index in [2.05, 4.69) is 0 Å². The van der Waals surface area contributed by atoms with E-state index in [0.29, 0.717) is 5.75 Å². The van der Waals surface area contributed by atoms with Crippen molar-refractivity contribution in [2.24, 2.45) is 0 Å². The first-order chi connectivity index (χ1) is 5.65. The number of carbonyl (C=O) groups is 1. The van der Waals surface area contributed by atoms with Gasteiger partial charge in [-0.15, -0.1) is 0 Å². The zero-order valence-corrected chi connectivity index (χ0v) is 6.40. The molecule has 0 aliphatic heterocycles. The first kappa shape index (κ1) is 8.39. The molecule has 0 aromatic heterocycles. The highest BCUT2D eigenvalue weighted by Crippen LogP contribution is 2.23. The number of carboxylic acids is 1. The molecular weight excluding hydrogens is 160 g/mol. The maximum absolute atomic E-state index is 11.0. The molecule has 12 heavy (non-hydrogen) atoms. The van der Waals surface area contributed by atoms with Crippen molar-refractivity contribution in [2.75, 3.05) is 7.11 Å². The number of methoxy groups -OCH3 is 1. The van der Waals surface area contributed by atoms with Gasteiger partial charge in [0.15, 0.2) is 5.75 Å². The summed E-state index contributed by atoms with van der Waals surface area (Å²) in [7, 11) is 1.41. The summed E-state index contributed by atoms with van der Waals surface area (Å²) in [6.45, 7) is 0. The number of aromatic carboxylic acids is 1. The number of ether oxygens (including phenoxy) is 1. The first-order valence-electron chi connectivity index (χ1n) is 3.23. The zero-order valence-electron chi connectivity index (χ0n) is 6.40. The lowest BCUT2D eigenvalue weighted by Crippen LogP contribution is -1.96. The Labute approximate surface area is 69.0 Å². The topological polar surface area (TPSA) is 66.4 Å². The van der Waals surface area contributed by atoms with Gasteiger partial charge in [-0.2, -0.15) is 0 Å². The highest BCUT2D eigenvalue weighted by Gasteiger charge is 2.10. The molecule has 0 heterocycles. The standard InChI is InChI=1S/C8H7O4/c1-12-5-2-3-6(8(10)11)7(9)4-5/h2-4H,1H3,(H,10,11). The van der Waals surface area contributed by atoms with Gasteiger partial charge in [0.05, 0.1) is 7.11 Å². The van der Waals surface area contributed by atoms with Gasteiger partial charge in [0.1, 0.15) is 11.3 Å². The van der Waals surface area contributed by atoms with Crippen LogP contribution in [0.2, 0.25) is 0 Å². The van der Waals surface area contributed by atoms with Gasteiger partial charge in [0.25, 0.3) is 0 Å². The molecule has 0 spiro atoms. The van der Waals surface area contributed by atoms with Gasteiger partial charge >= 0.3 is 5.97 Å². The average Bonchev–Trinajstić information content (AvgIpc) is 2.03. The predicted molar refractivity (Wildman–Crippen MR) is 40.1 cm³/mol. The lowest BCUT2D eigenvalue weighted by molar-refractivity contribution is 0.0691. The van der Waals surface area contributed by atoms with E-state index in [1.807, 2.05) is 0 Å². The Morgan fingerprint density at radius 2 is 2.17 bits per heavy atom. The van der Waals surface area contributed by atoms with Gasteiger partial charge in [-0.05, 0) is 12.1 Å². The first-order valence-corrected chi connectivity index (χ1v) is 3.23. The maximum atomic E-state index is 11.0. The van der Waals surface area contributed by atoms with Crippen LogP contribution in [0.15, 0.2) is 18.2 Å². The highest BCUT2D eigenvalue weighted by atomic mass is 16.5. The molecule has 0 amide bonds. The normalized spacial score (nSPS) is 9.42. The summed E-state index contributed by atoms with van der Waals surface area (Å²) in [6.07, 6.45) is 0. The van der Waals surface area contributed by atoms with Crippen molar-refractivity contribution in [2.45, 2.75) is 0 Å². The third-order valence-electron chi connectivity index (χ3n) is 1.42. The number of hydrogen-bond acceptors (Lipinski definition) is 2. The summed E-state index contributed by atoms with van der Waals surface area (Å²) < 4.78 is 4.74. The number of rotatable bonds is 2. The van der Waals surface area contributed by atoms with Crippen LogP contribution in [-0.4, -0.2) is 18.2 Å². The summed E-state index contributed by atoms with van der Waals surface area (Å²) in [5.74, 6) is -1.39. The Bertz CT molecular complexity index is 306. The van der Waals surface area contributed by atoms with E-state index in [1.165, 1.54) is 19.2 Å². The lowest BCUT2D eigenvalue weighted by Gasteiger charge is -2.00. The Morgan fingerprint density at radius 1 is 1.50 bits per heavy atom. The SMILES string of the molecule is COc1ccc(C(=O)O)c([O])c1. The molecule has 0 atom stereocenters. The van der Waals surface area contributed by atoms with Gasteiger partial charge in [-0.1, -0.05) is 0 Å². The molecular formula is C8H7O4. The predicted octanol–water partition coefficient (Wildman–Crippen LogP) is 1.54. The second-order valence-electron chi connectivity index (χ2n) is 2.17. The van der Waals surface area contributed by atoms with Crippen LogP contribution in [0, 0.1) is 0 Å². The van der Waals surface area contributed by atoms with Crippen LogP contribution >= 0.6 is 0 Å². The van der Waals surface area contributed by atoms with Crippen LogP contribution in [0.5, 0.6) is 11.5 Å². The van der Waals surface area contributed by atoms with E-state index in [4.69, 9.17) is 9.84 Å². The molecule has 0 saturated carbocycles. The molecule has 1 N–H and O–H groups in total. The van der Waals surface area contributed by atoms with Gasteiger partial charge in [0.2, 0.25) is 0 Å². The minimum Gasteiger partial charge on any atom is -0.497 e. The molecule has 0 bridgehead atoms. The summed E-state index contributed by atoms with van der Waals surface area (Å²) >= 11 is 0. The van der Waals surface area contributed by atoms with Crippen LogP contribution < -0.4 is 4.74 Å². The number of hydrogen-bond donors (Lipinski definition) is 1. The molecule has 0 aliphatic carbocycles. The molecule has 1 aromatic rings. The van der Waals surface area contributed by atoms with Crippen molar-refractivity contribution in [1.29, 1.82) is 0 Å². The quantitative estimate of drug-likeness (QED) is 0.726. The maximum Gasteiger partial charge on any atom is 0.339 e. The van der Waals surface area contributed by atoms with E-state index >= 15 is 0 Å². The van der Waals surface area contributed by atoms with E-state index in [1.54, 1.807) is 0 Å². The largest absolute Gasteiger partial charge is 0.497 e. The highest BCUT2D eigenvalue weighted by molar-refractivity contribution is 5.90. The zero-order chi connectivity index (χ0) is 9.14. The third kappa shape index (κ3) is 1.47. The van der Waals surface area contributed by atoms with Crippen molar-refractivity contribution in [3.63, 3.8) is 0 Å². The van der Waals surface area contributed by atoms with Crippen LogP contribution in [0.3, 0.4) is 0 Å². The van der Waals surface area contributed by atoms with Crippen molar-refractivity contribution < 1.29 is 19.7 Å². The number of benzene rings is 1. The van der Waals surface area contributed by atoms with Crippen LogP contribution in [0.4, 0.5) is 0 Å². The van der Waals surface area contributed by atoms with Crippen LogP contribution in [-0.2, 0) is 5.11 Å². The smallest absolute Gasteiger partial charge is 0.339 e. The Morgan fingerprint density at radius 3 is 2.58 bits per heavy atom. The van der Waals surface area contributed by atoms with Crippen molar-refractivity contribution >= 4 is 5.97 Å². The molecule has 1 rings (SSSR count). The fraction of sp³-hybridized carbons (Fsp3) is 0.125. The molecule has 1 aromatic carbocycles. The summed E-state index contributed by atoms with van der Waals surface area (Å²) in [5.41, 5.74) is -0.240. The molecule has 4 heteroatoms. The van der Waals surface area contributed by atoms with Gasteiger partial charge in [-0.3, -0.25) is 5.11 Å². The molecule has 0 fully saturated rings. The Hall–Kier alpha value is -1.71. The van der Waals surface area contributed by atoms with E-state index < -0.39 is 11.7 Å². The molecule has 0 aliphatic rings. The molecule has 1 radical (unpaired) electrons. The van der Waals surface area contributed by atoms with E-state index in [-0.39, 0.29) is 5.56 Å². The van der Waals surface area contributed by atoms with Gasteiger partial charge in [0, 0.05) is 6.07 Å². The average molecular weight is 167 g/mol. The monoisotopic (exact) mass is 167 g/mol. The summed E-state index contributed by atoms with van der Waals surface area (Å²) in [5, 5.41) is 19.5. The van der Waals surface area contributed by atoms with E-state index in [9.17, 15) is 9.90 Å². The lowest BCUT2D eigenvalue weighted by atomic mass is 10.2. The molecule has 0 unspecified atom stereocenters. The number of carboxylic acid groups (broad SMARTS) is 1.